The Morgan fingerprint density at radius 1 is 1.00 bits per heavy atom. The minimum atomic E-state index is -0.395. The van der Waals surface area contributed by atoms with Crippen LogP contribution in [-0.2, 0) is 6.54 Å². The van der Waals surface area contributed by atoms with Crippen molar-refractivity contribution in [1.82, 2.24) is 10.3 Å². The van der Waals surface area contributed by atoms with Crippen molar-refractivity contribution in [2.45, 2.75) is 6.54 Å². The first kappa shape index (κ1) is 19.0. The average Bonchev–Trinajstić information content (AvgIpc) is 2.73. The highest BCUT2D eigenvalue weighted by atomic mass is 19.1. The molecule has 2 amide bonds. The summed E-state index contributed by atoms with van der Waals surface area (Å²) in [5.74, 6) is -0.499. The Balaban J connectivity index is 1.65. The normalized spacial score (nSPS) is 10.2. The van der Waals surface area contributed by atoms with Crippen LogP contribution in [0.25, 0.3) is 0 Å². The molecule has 0 aliphatic carbocycles. The number of carbonyl (C=O) groups is 2. The fourth-order valence-corrected chi connectivity index (χ4v) is 2.48. The Bertz CT molecular complexity index is 990. The zero-order valence-corrected chi connectivity index (χ0v) is 15.1. The quantitative estimate of drug-likeness (QED) is 0.688. The fraction of sp³-hybridized carbons (Fsp3) is 0.0952. The van der Waals surface area contributed by atoms with Crippen molar-refractivity contribution in [3.8, 4) is 5.75 Å². The highest BCUT2D eigenvalue weighted by molar-refractivity contribution is 6.05. The Morgan fingerprint density at radius 3 is 2.43 bits per heavy atom. The lowest BCUT2D eigenvalue weighted by molar-refractivity contribution is 0.0950. The summed E-state index contributed by atoms with van der Waals surface area (Å²) >= 11 is 0. The van der Waals surface area contributed by atoms with Crippen LogP contribution < -0.4 is 15.4 Å². The molecule has 2 N–H and O–H groups in total. The Morgan fingerprint density at radius 2 is 1.71 bits per heavy atom. The van der Waals surface area contributed by atoms with Gasteiger partial charge in [0.1, 0.15) is 11.6 Å². The molecular weight excluding hydrogens is 361 g/mol. The maximum Gasteiger partial charge on any atom is 0.257 e. The largest absolute Gasteiger partial charge is 0.497 e. The molecule has 0 saturated heterocycles. The Kier molecular flexibility index (Phi) is 5.96. The van der Waals surface area contributed by atoms with Crippen LogP contribution in [0.15, 0.2) is 67.0 Å². The number of benzene rings is 2. The molecule has 1 heterocycles. The van der Waals surface area contributed by atoms with Crippen LogP contribution in [0.1, 0.15) is 26.3 Å². The van der Waals surface area contributed by atoms with E-state index in [-0.39, 0.29) is 29.4 Å². The molecule has 28 heavy (non-hydrogen) atoms. The standard InChI is InChI=1S/C21H18FN3O3/c1-28-19-4-2-3-18(10-19)25-21(27)16-9-15(12-23-13-16)20(26)24-11-14-5-7-17(22)8-6-14/h2-10,12-13H,11H2,1H3,(H,24,26)(H,25,27). The minimum Gasteiger partial charge on any atom is -0.497 e. The molecule has 142 valence electrons. The van der Waals surface area contributed by atoms with Gasteiger partial charge in [-0.2, -0.15) is 0 Å². The van der Waals surface area contributed by atoms with Gasteiger partial charge in [-0.1, -0.05) is 18.2 Å². The van der Waals surface area contributed by atoms with Gasteiger partial charge >= 0.3 is 0 Å². The van der Waals surface area contributed by atoms with E-state index in [1.807, 2.05) is 0 Å². The Labute approximate surface area is 161 Å². The number of nitrogens with one attached hydrogen (secondary N) is 2. The molecule has 6 nitrogen and oxygen atoms in total. The first-order valence-electron chi connectivity index (χ1n) is 8.48. The second-order valence-electron chi connectivity index (χ2n) is 5.96. The highest BCUT2D eigenvalue weighted by Gasteiger charge is 2.12. The zero-order valence-electron chi connectivity index (χ0n) is 15.1. The Hall–Kier alpha value is -3.74. The van der Waals surface area contributed by atoms with Gasteiger partial charge < -0.3 is 15.4 Å². The lowest BCUT2D eigenvalue weighted by atomic mass is 10.1. The predicted molar refractivity (Wildman–Crippen MR) is 103 cm³/mol. The van der Waals surface area contributed by atoms with Crippen LogP contribution in [0.4, 0.5) is 10.1 Å². The molecule has 0 saturated carbocycles. The van der Waals surface area contributed by atoms with E-state index in [1.165, 1.54) is 30.6 Å². The summed E-state index contributed by atoms with van der Waals surface area (Å²) in [6, 6.07) is 14.2. The summed E-state index contributed by atoms with van der Waals surface area (Å²) < 4.78 is 18.1. The van der Waals surface area contributed by atoms with Crippen LogP contribution >= 0.6 is 0 Å². The number of nitrogens with zero attached hydrogens (tertiary/aromatic N) is 1. The molecule has 0 aliphatic rings. The van der Waals surface area contributed by atoms with Gasteiger partial charge in [0, 0.05) is 30.7 Å². The maximum absolute atomic E-state index is 12.9. The average molecular weight is 379 g/mol. The van der Waals surface area contributed by atoms with Gasteiger partial charge in [0.05, 0.1) is 18.2 Å². The molecule has 0 bridgehead atoms. The van der Waals surface area contributed by atoms with Crippen molar-refractivity contribution in [2.75, 3.05) is 12.4 Å². The summed E-state index contributed by atoms with van der Waals surface area (Å²) in [5.41, 5.74) is 1.82. The molecule has 1 aromatic heterocycles. The first-order chi connectivity index (χ1) is 13.5. The number of anilines is 1. The molecule has 0 spiro atoms. The molecule has 3 rings (SSSR count). The van der Waals surface area contributed by atoms with Gasteiger partial charge in [-0.15, -0.1) is 0 Å². The van der Waals surface area contributed by atoms with Crippen molar-refractivity contribution in [3.63, 3.8) is 0 Å². The van der Waals surface area contributed by atoms with Gasteiger partial charge in [0.25, 0.3) is 11.8 Å². The third-order valence-corrected chi connectivity index (χ3v) is 3.96. The summed E-state index contributed by atoms with van der Waals surface area (Å²) in [6.45, 7) is 0.235. The van der Waals surface area contributed by atoms with E-state index < -0.39 is 5.91 Å². The topological polar surface area (TPSA) is 80.3 Å². The first-order valence-corrected chi connectivity index (χ1v) is 8.48. The van der Waals surface area contributed by atoms with Crippen LogP contribution in [0.2, 0.25) is 0 Å². The smallest absolute Gasteiger partial charge is 0.257 e. The number of methoxy groups -OCH3 is 1. The number of carbonyl (C=O) groups excluding carboxylic acids is 2. The summed E-state index contributed by atoms with van der Waals surface area (Å²) in [6.07, 6.45) is 2.76. The van der Waals surface area contributed by atoms with Crippen LogP contribution in [0.5, 0.6) is 5.75 Å². The summed E-state index contributed by atoms with van der Waals surface area (Å²) in [4.78, 5) is 28.7. The molecule has 0 atom stereocenters. The molecule has 0 fully saturated rings. The molecular formula is C21H18FN3O3. The summed E-state index contributed by atoms with van der Waals surface area (Å²) in [5, 5.41) is 5.45. The number of aromatic nitrogens is 1. The monoisotopic (exact) mass is 379 g/mol. The molecule has 3 aromatic rings. The van der Waals surface area contributed by atoms with E-state index in [4.69, 9.17) is 4.74 Å². The van der Waals surface area contributed by atoms with E-state index >= 15 is 0 Å². The van der Waals surface area contributed by atoms with E-state index in [9.17, 15) is 14.0 Å². The minimum absolute atomic E-state index is 0.235. The summed E-state index contributed by atoms with van der Waals surface area (Å²) in [7, 11) is 1.54. The number of rotatable bonds is 6. The lowest BCUT2D eigenvalue weighted by Gasteiger charge is -2.09. The van der Waals surface area contributed by atoms with Crippen molar-refractivity contribution in [2.24, 2.45) is 0 Å². The van der Waals surface area contributed by atoms with Crippen molar-refractivity contribution in [3.05, 3.63) is 89.5 Å². The van der Waals surface area contributed by atoms with E-state index in [2.05, 4.69) is 15.6 Å². The zero-order chi connectivity index (χ0) is 19.9. The number of ether oxygens (including phenoxy) is 1. The third-order valence-electron chi connectivity index (χ3n) is 3.96. The van der Waals surface area contributed by atoms with Gasteiger partial charge in [0.15, 0.2) is 0 Å². The van der Waals surface area contributed by atoms with E-state index in [1.54, 1.807) is 43.5 Å². The van der Waals surface area contributed by atoms with E-state index in [0.717, 1.165) is 5.56 Å². The molecule has 0 radical (unpaired) electrons. The van der Waals surface area contributed by atoms with Crippen LogP contribution in [0, 0.1) is 5.82 Å². The number of hydrogen-bond donors (Lipinski definition) is 2. The van der Waals surface area contributed by atoms with Gasteiger partial charge in [0.2, 0.25) is 0 Å². The predicted octanol–water partition coefficient (Wildman–Crippen LogP) is 3.41. The van der Waals surface area contributed by atoms with Gasteiger partial charge in [-0.3, -0.25) is 14.6 Å². The molecule has 0 aliphatic heterocycles. The van der Waals surface area contributed by atoms with Crippen LogP contribution in [-0.4, -0.2) is 23.9 Å². The molecule has 0 unspecified atom stereocenters. The van der Waals surface area contributed by atoms with Crippen LogP contribution in [0.3, 0.4) is 0 Å². The SMILES string of the molecule is COc1cccc(NC(=O)c2cncc(C(=O)NCc3ccc(F)cc3)c2)c1. The number of amides is 2. The number of halogens is 1. The fourth-order valence-electron chi connectivity index (χ4n) is 2.48. The second-order valence-corrected chi connectivity index (χ2v) is 5.96. The maximum atomic E-state index is 12.9. The number of hydrogen-bond acceptors (Lipinski definition) is 4. The van der Waals surface area contributed by atoms with Crippen molar-refractivity contribution >= 4 is 17.5 Å². The molecule has 2 aromatic carbocycles. The molecule has 7 heteroatoms. The lowest BCUT2D eigenvalue weighted by Crippen LogP contribution is -2.23. The third kappa shape index (κ3) is 4.91. The van der Waals surface area contributed by atoms with E-state index in [0.29, 0.717) is 11.4 Å². The van der Waals surface area contributed by atoms with Gasteiger partial charge in [-0.05, 0) is 35.9 Å². The second kappa shape index (κ2) is 8.77. The van der Waals surface area contributed by atoms with Gasteiger partial charge in [-0.25, -0.2) is 4.39 Å². The number of pyridine rings is 1. The van der Waals surface area contributed by atoms with Crippen molar-refractivity contribution in [1.29, 1.82) is 0 Å². The highest BCUT2D eigenvalue weighted by Crippen LogP contribution is 2.17. The van der Waals surface area contributed by atoms with Crippen molar-refractivity contribution < 1.29 is 18.7 Å².